The van der Waals surface area contributed by atoms with E-state index in [9.17, 15) is 18.0 Å². The van der Waals surface area contributed by atoms with Crippen LogP contribution in [0.3, 0.4) is 0 Å². The molecule has 2 aromatic rings. The minimum absolute atomic E-state index is 0.0507. The number of fused-ring (bicyclic) bond motifs is 1. The van der Waals surface area contributed by atoms with Crippen molar-refractivity contribution in [1.82, 2.24) is 4.72 Å². The quantitative estimate of drug-likeness (QED) is 0.634. The fourth-order valence-corrected chi connectivity index (χ4v) is 3.69. The second kappa shape index (κ2) is 9.14. The molecule has 0 aromatic heterocycles. The SMILES string of the molecule is Cc1ccc(S(=O)(=O)NCC(=O)OCC(=O)Nc2ccc3c(c2)OCCO3)cc1C. The predicted octanol–water partition coefficient (Wildman–Crippen LogP) is 1.53. The molecule has 0 unspecified atom stereocenters. The number of carbonyl (C=O) groups is 2. The average molecular weight is 434 g/mol. The zero-order chi connectivity index (χ0) is 21.7. The van der Waals surface area contributed by atoms with Gasteiger partial charge in [-0.25, -0.2) is 8.42 Å². The van der Waals surface area contributed by atoms with Crippen molar-refractivity contribution in [3.05, 3.63) is 47.5 Å². The van der Waals surface area contributed by atoms with E-state index in [0.717, 1.165) is 11.1 Å². The second-order valence-electron chi connectivity index (χ2n) is 6.64. The first kappa shape index (κ1) is 21.6. The Bertz CT molecular complexity index is 1070. The van der Waals surface area contributed by atoms with Crippen molar-refractivity contribution in [2.45, 2.75) is 18.7 Å². The summed E-state index contributed by atoms with van der Waals surface area (Å²) in [4.78, 5) is 23.9. The number of anilines is 1. The summed E-state index contributed by atoms with van der Waals surface area (Å²) in [5.74, 6) is -0.352. The van der Waals surface area contributed by atoms with Gasteiger partial charge in [-0.15, -0.1) is 0 Å². The number of nitrogens with one attached hydrogen (secondary N) is 2. The summed E-state index contributed by atoms with van der Waals surface area (Å²) in [5.41, 5.74) is 2.23. The van der Waals surface area contributed by atoms with Crippen LogP contribution in [0.5, 0.6) is 11.5 Å². The molecule has 0 saturated heterocycles. The lowest BCUT2D eigenvalue weighted by Crippen LogP contribution is -2.32. The van der Waals surface area contributed by atoms with Gasteiger partial charge in [0.15, 0.2) is 18.1 Å². The molecule has 0 atom stereocenters. The number of carbonyl (C=O) groups excluding carboxylic acids is 2. The molecule has 2 N–H and O–H groups in total. The van der Waals surface area contributed by atoms with Gasteiger partial charge in [0.25, 0.3) is 5.91 Å². The monoisotopic (exact) mass is 434 g/mol. The van der Waals surface area contributed by atoms with Crippen LogP contribution in [0.1, 0.15) is 11.1 Å². The van der Waals surface area contributed by atoms with Crippen LogP contribution in [0.25, 0.3) is 0 Å². The van der Waals surface area contributed by atoms with Crippen molar-refractivity contribution in [2.24, 2.45) is 0 Å². The molecule has 160 valence electrons. The minimum atomic E-state index is -3.87. The van der Waals surface area contributed by atoms with E-state index in [2.05, 4.69) is 10.0 Å². The molecule has 1 aliphatic heterocycles. The summed E-state index contributed by atoms with van der Waals surface area (Å²) in [7, 11) is -3.87. The van der Waals surface area contributed by atoms with Gasteiger partial charge in [0.1, 0.15) is 19.8 Å². The maximum atomic E-state index is 12.3. The molecule has 1 amide bonds. The Kier molecular flexibility index (Phi) is 6.58. The molecule has 0 spiro atoms. The number of rotatable bonds is 7. The Morgan fingerprint density at radius 1 is 1.00 bits per heavy atom. The van der Waals surface area contributed by atoms with E-state index >= 15 is 0 Å². The molecule has 10 heteroatoms. The van der Waals surface area contributed by atoms with Crippen molar-refractivity contribution in [3.63, 3.8) is 0 Å². The van der Waals surface area contributed by atoms with Gasteiger partial charge in [0, 0.05) is 11.8 Å². The fraction of sp³-hybridized carbons (Fsp3) is 0.300. The highest BCUT2D eigenvalue weighted by Gasteiger charge is 2.18. The zero-order valence-electron chi connectivity index (χ0n) is 16.6. The molecule has 0 aliphatic carbocycles. The van der Waals surface area contributed by atoms with E-state index in [4.69, 9.17) is 14.2 Å². The van der Waals surface area contributed by atoms with Crippen LogP contribution in [0.4, 0.5) is 5.69 Å². The van der Waals surface area contributed by atoms with Crippen molar-refractivity contribution < 1.29 is 32.2 Å². The number of sulfonamides is 1. The molecule has 0 bridgehead atoms. The number of ether oxygens (including phenoxy) is 3. The maximum Gasteiger partial charge on any atom is 0.321 e. The van der Waals surface area contributed by atoms with E-state index in [1.807, 2.05) is 6.92 Å². The lowest BCUT2D eigenvalue weighted by Gasteiger charge is -2.19. The van der Waals surface area contributed by atoms with E-state index in [0.29, 0.717) is 30.4 Å². The van der Waals surface area contributed by atoms with E-state index in [1.54, 1.807) is 31.2 Å². The third-order valence-electron chi connectivity index (χ3n) is 4.39. The van der Waals surface area contributed by atoms with E-state index in [-0.39, 0.29) is 4.90 Å². The lowest BCUT2D eigenvalue weighted by atomic mass is 10.1. The zero-order valence-corrected chi connectivity index (χ0v) is 17.4. The minimum Gasteiger partial charge on any atom is -0.486 e. The van der Waals surface area contributed by atoms with Crippen LogP contribution in [-0.4, -0.2) is 46.7 Å². The van der Waals surface area contributed by atoms with Gasteiger partial charge in [-0.1, -0.05) is 6.07 Å². The van der Waals surface area contributed by atoms with Gasteiger partial charge >= 0.3 is 5.97 Å². The molecule has 0 fully saturated rings. The topological polar surface area (TPSA) is 120 Å². The fourth-order valence-electron chi connectivity index (χ4n) is 2.63. The third kappa shape index (κ3) is 5.49. The number of amides is 1. The molecule has 9 nitrogen and oxygen atoms in total. The summed E-state index contributed by atoms with van der Waals surface area (Å²) in [5, 5.41) is 2.57. The van der Waals surface area contributed by atoms with Crippen molar-refractivity contribution in [2.75, 3.05) is 31.7 Å². The molecular weight excluding hydrogens is 412 g/mol. The highest BCUT2D eigenvalue weighted by Crippen LogP contribution is 2.32. The Morgan fingerprint density at radius 3 is 2.47 bits per heavy atom. The molecule has 0 saturated carbocycles. The van der Waals surface area contributed by atoms with Gasteiger partial charge < -0.3 is 19.5 Å². The largest absolute Gasteiger partial charge is 0.486 e. The predicted molar refractivity (Wildman–Crippen MR) is 108 cm³/mol. The Morgan fingerprint density at radius 2 is 1.73 bits per heavy atom. The van der Waals surface area contributed by atoms with Gasteiger partial charge in [0.05, 0.1) is 4.90 Å². The van der Waals surface area contributed by atoms with Crippen LogP contribution < -0.4 is 19.5 Å². The van der Waals surface area contributed by atoms with Crippen molar-refractivity contribution >= 4 is 27.6 Å². The standard InChI is InChI=1S/C20H22N2O7S/c1-13-3-5-16(9-14(13)2)30(25,26)21-11-20(24)29-12-19(23)22-15-4-6-17-18(10-15)28-8-7-27-17/h3-6,9-10,21H,7-8,11-12H2,1-2H3,(H,22,23). The molecule has 1 heterocycles. The van der Waals surface area contributed by atoms with Crippen molar-refractivity contribution in [1.29, 1.82) is 0 Å². The number of hydrogen-bond acceptors (Lipinski definition) is 7. The normalized spacial score (nSPS) is 12.9. The highest BCUT2D eigenvalue weighted by molar-refractivity contribution is 7.89. The smallest absolute Gasteiger partial charge is 0.321 e. The summed E-state index contributed by atoms with van der Waals surface area (Å²) < 4.78 is 42.4. The molecule has 3 rings (SSSR count). The Hall–Kier alpha value is -3.11. The number of esters is 1. The average Bonchev–Trinajstić information content (AvgIpc) is 2.72. The second-order valence-corrected chi connectivity index (χ2v) is 8.40. The van der Waals surface area contributed by atoms with Crippen LogP contribution in [0.15, 0.2) is 41.3 Å². The molecule has 0 radical (unpaired) electrons. The van der Waals surface area contributed by atoms with E-state index in [1.165, 1.54) is 12.1 Å². The van der Waals surface area contributed by atoms with Crippen molar-refractivity contribution in [3.8, 4) is 11.5 Å². The highest BCUT2D eigenvalue weighted by atomic mass is 32.2. The molecule has 1 aliphatic rings. The van der Waals surface area contributed by atoms with Crippen LogP contribution >= 0.6 is 0 Å². The van der Waals surface area contributed by atoms with Gasteiger partial charge in [-0.2, -0.15) is 4.72 Å². The molecule has 30 heavy (non-hydrogen) atoms. The third-order valence-corrected chi connectivity index (χ3v) is 5.78. The van der Waals surface area contributed by atoms with E-state index < -0.39 is 35.1 Å². The lowest BCUT2D eigenvalue weighted by molar-refractivity contribution is -0.146. The van der Waals surface area contributed by atoms with Gasteiger partial charge in [-0.3, -0.25) is 9.59 Å². The summed E-state index contributed by atoms with van der Waals surface area (Å²) in [6.45, 7) is 3.39. The molecule has 2 aromatic carbocycles. The maximum absolute atomic E-state index is 12.3. The summed E-state index contributed by atoms with van der Waals surface area (Å²) in [6.07, 6.45) is 0. The number of benzene rings is 2. The first-order valence-corrected chi connectivity index (χ1v) is 10.6. The number of hydrogen-bond donors (Lipinski definition) is 2. The van der Waals surface area contributed by atoms with Gasteiger partial charge in [-0.05, 0) is 49.2 Å². The summed E-state index contributed by atoms with van der Waals surface area (Å²) >= 11 is 0. The first-order chi connectivity index (χ1) is 14.2. The van der Waals surface area contributed by atoms with Crippen LogP contribution in [-0.2, 0) is 24.3 Å². The first-order valence-electron chi connectivity index (χ1n) is 9.16. The molecular formula is C20H22N2O7S. The van der Waals surface area contributed by atoms with Crippen LogP contribution in [0.2, 0.25) is 0 Å². The Labute approximate surface area is 174 Å². The van der Waals surface area contributed by atoms with Crippen LogP contribution in [0, 0.1) is 13.8 Å². The summed E-state index contributed by atoms with van der Waals surface area (Å²) in [6, 6.07) is 9.56. The Balaban J connectivity index is 1.47. The van der Waals surface area contributed by atoms with Gasteiger partial charge in [0.2, 0.25) is 10.0 Å². The number of aryl methyl sites for hydroxylation is 2.